The first-order valence-corrected chi connectivity index (χ1v) is 6.49. The third-order valence-electron chi connectivity index (χ3n) is 3.43. The van der Waals surface area contributed by atoms with Crippen molar-refractivity contribution in [2.45, 2.75) is 6.04 Å². The molecule has 0 spiro atoms. The summed E-state index contributed by atoms with van der Waals surface area (Å²) >= 11 is 0. The van der Waals surface area contributed by atoms with Gasteiger partial charge < -0.3 is 20.0 Å². The number of nitrogens with one attached hydrogen (secondary N) is 3. The molecular formula is C13H18N4O2. The van der Waals surface area contributed by atoms with Crippen molar-refractivity contribution in [1.29, 1.82) is 0 Å². The largest absolute Gasteiger partial charge is 0.417 e. The molecule has 1 atom stereocenters. The lowest BCUT2D eigenvalue weighted by Gasteiger charge is -2.31. The van der Waals surface area contributed by atoms with Gasteiger partial charge >= 0.3 is 5.76 Å². The van der Waals surface area contributed by atoms with E-state index in [9.17, 15) is 4.79 Å². The van der Waals surface area contributed by atoms with Crippen molar-refractivity contribution in [3.63, 3.8) is 0 Å². The lowest BCUT2D eigenvalue weighted by atomic mass is 10.2. The van der Waals surface area contributed by atoms with E-state index < -0.39 is 5.76 Å². The van der Waals surface area contributed by atoms with Crippen LogP contribution in [-0.4, -0.2) is 49.2 Å². The zero-order chi connectivity index (χ0) is 13.2. The molecule has 0 amide bonds. The highest BCUT2D eigenvalue weighted by Crippen LogP contribution is 2.16. The number of nitrogens with zero attached hydrogens (tertiary/aromatic N) is 1. The summed E-state index contributed by atoms with van der Waals surface area (Å²) < 4.78 is 5.04. The Morgan fingerprint density at radius 1 is 1.53 bits per heavy atom. The van der Waals surface area contributed by atoms with E-state index in [-0.39, 0.29) is 0 Å². The summed E-state index contributed by atoms with van der Waals surface area (Å²) in [4.78, 5) is 16.0. The van der Waals surface area contributed by atoms with Crippen LogP contribution < -0.4 is 16.4 Å². The molecule has 0 radical (unpaired) electrons. The Morgan fingerprint density at radius 2 is 2.42 bits per heavy atom. The van der Waals surface area contributed by atoms with Crippen LogP contribution in [0.2, 0.25) is 0 Å². The number of piperazine rings is 1. The van der Waals surface area contributed by atoms with Crippen molar-refractivity contribution in [2.24, 2.45) is 0 Å². The Morgan fingerprint density at radius 3 is 3.26 bits per heavy atom. The van der Waals surface area contributed by atoms with Crippen molar-refractivity contribution < 1.29 is 4.42 Å². The number of likely N-dealkylation sites (N-methyl/N-ethyl adjacent to an activating group) is 1. The monoisotopic (exact) mass is 262 g/mol. The maximum Gasteiger partial charge on any atom is 0.417 e. The van der Waals surface area contributed by atoms with E-state index in [1.54, 1.807) is 0 Å². The molecule has 3 rings (SSSR count). The van der Waals surface area contributed by atoms with Crippen LogP contribution in [0.25, 0.3) is 11.1 Å². The van der Waals surface area contributed by atoms with Crippen LogP contribution in [0, 0.1) is 0 Å². The summed E-state index contributed by atoms with van der Waals surface area (Å²) in [5.74, 6) is -0.414. The smallest absolute Gasteiger partial charge is 0.408 e. The summed E-state index contributed by atoms with van der Waals surface area (Å²) in [6, 6.07) is 6.08. The van der Waals surface area contributed by atoms with Gasteiger partial charge in [0.25, 0.3) is 0 Å². The fraction of sp³-hybridized carbons (Fsp3) is 0.462. The standard InChI is InChI=1S/C13H18N4O2/c1-17-5-4-14-10(8-17)7-15-9-2-3-11-12(6-9)19-13(18)16-11/h2-3,6,10,14-15H,4-5,7-8H2,1H3,(H,16,18). The maximum absolute atomic E-state index is 11.1. The van der Waals surface area contributed by atoms with Crippen LogP contribution in [0.5, 0.6) is 0 Å². The highest BCUT2D eigenvalue weighted by Gasteiger charge is 2.15. The van der Waals surface area contributed by atoms with Gasteiger partial charge in [0.05, 0.1) is 5.52 Å². The quantitative estimate of drug-likeness (QED) is 0.748. The number of benzene rings is 1. The first kappa shape index (κ1) is 12.3. The maximum atomic E-state index is 11.1. The van der Waals surface area contributed by atoms with Crippen LogP contribution in [0.15, 0.2) is 27.4 Å². The molecule has 2 heterocycles. The van der Waals surface area contributed by atoms with E-state index in [1.165, 1.54) is 0 Å². The van der Waals surface area contributed by atoms with Gasteiger partial charge in [0.1, 0.15) is 0 Å². The molecular weight excluding hydrogens is 244 g/mol. The van der Waals surface area contributed by atoms with Gasteiger partial charge in [-0.1, -0.05) is 0 Å². The zero-order valence-electron chi connectivity index (χ0n) is 10.9. The number of aromatic nitrogens is 1. The average Bonchev–Trinajstić information content (AvgIpc) is 2.75. The topological polar surface area (TPSA) is 73.3 Å². The molecule has 0 aliphatic carbocycles. The SMILES string of the molecule is CN1CCNC(CNc2ccc3[nH]c(=O)oc3c2)C1. The van der Waals surface area contributed by atoms with Gasteiger partial charge in [0, 0.05) is 44.0 Å². The van der Waals surface area contributed by atoms with Crippen LogP contribution in [0.1, 0.15) is 0 Å². The minimum absolute atomic E-state index is 0.414. The van der Waals surface area contributed by atoms with Crippen LogP contribution >= 0.6 is 0 Å². The van der Waals surface area contributed by atoms with Gasteiger partial charge in [-0.25, -0.2) is 4.79 Å². The molecule has 1 aliphatic rings. The second kappa shape index (κ2) is 5.07. The Balaban J connectivity index is 1.66. The Labute approximate surface area is 110 Å². The van der Waals surface area contributed by atoms with Gasteiger partial charge in [0.2, 0.25) is 0 Å². The molecule has 3 N–H and O–H groups in total. The number of rotatable bonds is 3. The molecule has 1 saturated heterocycles. The highest BCUT2D eigenvalue weighted by molar-refractivity contribution is 5.76. The molecule has 6 heteroatoms. The van der Waals surface area contributed by atoms with Crippen molar-refractivity contribution in [1.82, 2.24) is 15.2 Å². The molecule has 2 aromatic rings. The molecule has 6 nitrogen and oxygen atoms in total. The molecule has 1 fully saturated rings. The van der Waals surface area contributed by atoms with Gasteiger partial charge in [-0.2, -0.15) is 0 Å². The Hall–Kier alpha value is -1.79. The Bertz CT molecular complexity index is 618. The summed E-state index contributed by atoms with van der Waals surface area (Å²) in [6.07, 6.45) is 0. The molecule has 1 aromatic carbocycles. The summed E-state index contributed by atoms with van der Waals surface area (Å²) in [7, 11) is 2.13. The second-order valence-electron chi connectivity index (χ2n) is 5.02. The predicted molar refractivity (Wildman–Crippen MR) is 74.6 cm³/mol. The third kappa shape index (κ3) is 2.80. The number of fused-ring (bicyclic) bond motifs is 1. The number of oxazole rings is 1. The van der Waals surface area contributed by atoms with E-state index >= 15 is 0 Å². The minimum atomic E-state index is -0.414. The molecule has 19 heavy (non-hydrogen) atoms. The second-order valence-corrected chi connectivity index (χ2v) is 5.02. The van der Waals surface area contributed by atoms with E-state index in [0.717, 1.165) is 37.4 Å². The van der Waals surface area contributed by atoms with Crippen LogP contribution in [-0.2, 0) is 0 Å². The molecule has 1 aromatic heterocycles. The van der Waals surface area contributed by atoms with Crippen molar-refractivity contribution in [3.8, 4) is 0 Å². The van der Waals surface area contributed by atoms with Gasteiger partial charge in [0.15, 0.2) is 5.58 Å². The lowest BCUT2D eigenvalue weighted by molar-refractivity contribution is 0.244. The zero-order valence-corrected chi connectivity index (χ0v) is 10.9. The molecule has 1 aliphatic heterocycles. The predicted octanol–water partition coefficient (Wildman–Crippen LogP) is 0.437. The number of aromatic amines is 1. The van der Waals surface area contributed by atoms with Crippen LogP contribution in [0.3, 0.4) is 0 Å². The van der Waals surface area contributed by atoms with Crippen molar-refractivity contribution in [2.75, 3.05) is 38.5 Å². The minimum Gasteiger partial charge on any atom is -0.408 e. The first-order chi connectivity index (χ1) is 9.20. The van der Waals surface area contributed by atoms with Crippen molar-refractivity contribution >= 4 is 16.8 Å². The van der Waals surface area contributed by atoms with Gasteiger partial charge in [-0.3, -0.25) is 4.98 Å². The number of anilines is 1. The highest BCUT2D eigenvalue weighted by atomic mass is 16.4. The summed E-state index contributed by atoms with van der Waals surface area (Å²) in [6.45, 7) is 4.00. The number of H-pyrrole nitrogens is 1. The lowest BCUT2D eigenvalue weighted by Crippen LogP contribution is -2.51. The average molecular weight is 262 g/mol. The van der Waals surface area contributed by atoms with E-state index in [4.69, 9.17) is 4.42 Å². The third-order valence-corrected chi connectivity index (χ3v) is 3.43. The molecule has 0 bridgehead atoms. The fourth-order valence-electron chi connectivity index (χ4n) is 2.42. The molecule has 102 valence electrons. The summed E-state index contributed by atoms with van der Waals surface area (Å²) in [5.41, 5.74) is 2.28. The van der Waals surface area contributed by atoms with Gasteiger partial charge in [-0.15, -0.1) is 0 Å². The number of hydrogen-bond donors (Lipinski definition) is 3. The first-order valence-electron chi connectivity index (χ1n) is 6.49. The van der Waals surface area contributed by atoms with E-state index in [0.29, 0.717) is 11.6 Å². The van der Waals surface area contributed by atoms with Gasteiger partial charge in [-0.05, 0) is 19.2 Å². The van der Waals surface area contributed by atoms with Crippen LogP contribution in [0.4, 0.5) is 5.69 Å². The van der Waals surface area contributed by atoms with E-state index in [2.05, 4.69) is 27.6 Å². The van der Waals surface area contributed by atoms with E-state index in [1.807, 2.05) is 18.2 Å². The Kier molecular flexibility index (Phi) is 3.27. The molecule has 0 saturated carbocycles. The fourth-order valence-corrected chi connectivity index (χ4v) is 2.42. The summed E-state index contributed by atoms with van der Waals surface area (Å²) in [5, 5.41) is 6.85. The van der Waals surface area contributed by atoms with Crippen molar-refractivity contribution in [3.05, 3.63) is 28.7 Å². The number of hydrogen-bond acceptors (Lipinski definition) is 5. The molecule has 1 unspecified atom stereocenters. The normalized spacial score (nSPS) is 20.8.